The molecular weight excluding hydrogens is 304 g/mol. The van der Waals surface area contributed by atoms with Gasteiger partial charge >= 0.3 is 0 Å². The Morgan fingerprint density at radius 2 is 1.84 bits per heavy atom. The van der Waals surface area contributed by atoms with Crippen LogP contribution in [0.4, 0.5) is 0 Å². The van der Waals surface area contributed by atoms with Crippen LogP contribution in [0, 0.1) is 11.8 Å². The van der Waals surface area contributed by atoms with Crippen LogP contribution in [-0.4, -0.2) is 25.7 Å². The summed E-state index contributed by atoms with van der Waals surface area (Å²) < 4.78 is 10.8. The number of hydrogen-bond donors (Lipinski definition) is 0. The molecule has 1 aromatic rings. The number of alkyl halides is 1. The Morgan fingerprint density at radius 3 is 2.37 bits per heavy atom. The summed E-state index contributed by atoms with van der Waals surface area (Å²) in [5, 5.41) is 1.02. The van der Waals surface area contributed by atoms with Crippen molar-refractivity contribution in [2.24, 2.45) is 11.8 Å². The number of ether oxygens (including phenoxy) is 2. The van der Waals surface area contributed by atoms with Crippen molar-refractivity contribution in [3.05, 3.63) is 29.8 Å². The van der Waals surface area contributed by atoms with Gasteiger partial charge in [-0.2, -0.15) is 0 Å². The van der Waals surface area contributed by atoms with Gasteiger partial charge in [-0.25, -0.2) is 0 Å². The van der Waals surface area contributed by atoms with Crippen molar-refractivity contribution in [1.82, 2.24) is 0 Å². The van der Waals surface area contributed by atoms with Gasteiger partial charge in [0.15, 0.2) is 0 Å². The molecule has 0 heterocycles. The highest BCUT2D eigenvalue weighted by Crippen LogP contribution is 2.18. The Morgan fingerprint density at radius 1 is 1.16 bits per heavy atom. The molecule has 1 unspecified atom stereocenters. The fourth-order valence-corrected chi connectivity index (χ4v) is 2.45. The molecular formula is C16H25BrO2. The minimum atomic E-state index is 0.615. The number of hydrogen-bond acceptors (Lipinski definition) is 2. The lowest BCUT2D eigenvalue weighted by Crippen LogP contribution is -2.12. The van der Waals surface area contributed by atoms with Crippen molar-refractivity contribution < 1.29 is 9.47 Å². The predicted molar refractivity (Wildman–Crippen MR) is 84.3 cm³/mol. The summed E-state index contributed by atoms with van der Waals surface area (Å²) in [5.74, 6) is 2.16. The second-order valence-electron chi connectivity index (χ2n) is 5.33. The standard InChI is InChI=1S/C16H25BrO2/c1-13(2)12-19-9-8-15(11-17)10-14-4-6-16(18-3)7-5-14/h4-7,13,15H,8-12H2,1-3H3. The monoisotopic (exact) mass is 328 g/mol. The highest BCUT2D eigenvalue weighted by Gasteiger charge is 2.09. The van der Waals surface area contributed by atoms with Crippen LogP contribution < -0.4 is 4.74 Å². The van der Waals surface area contributed by atoms with Gasteiger partial charge in [0, 0.05) is 18.5 Å². The minimum absolute atomic E-state index is 0.615. The molecule has 0 bridgehead atoms. The SMILES string of the molecule is COc1ccc(CC(CBr)CCOCC(C)C)cc1. The summed E-state index contributed by atoms with van der Waals surface area (Å²) in [7, 11) is 1.70. The van der Waals surface area contributed by atoms with Crippen LogP contribution in [-0.2, 0) is 11.2 Å². The smallest absolute Gasteiger partial charge is 0.118 e. The molecule has 3 heteroatoms. The van der Waals surface area contributed by atoms with Crippen LogP contribution in [0.3, 0.4) is 0 Å². The van der Waals surface area contributed by atoms with Crippen LogP contribution >= 0.6 is 15.9 Å². The van der Waals surface area contributed by atoms with Crippen LogP contribution in [0.1, 0.15) is 25.8 Å². The highest BCUT2D eigenvalue weighted by atomic mass is 79.9. The Balaban J connectivity index is 2.34. The van der Waals surface area contributed by atoms with E-state index in [-0.39, 0.29) is 0 Å². The maximum atomic E-state index is 5.66. The molecule has 0 fully saturated rings. The quantitative estimate of drug-likeness (QED) is 0.496. The average Bonchev–Trinajstić information content (AvgIpc) is 2.42. The summed E-state index contributed by atoms with van der Waals surface area (Å²) in [6.45, 7) is 6.07. The summed E-state index contributed by atoms with van der Waals surface area (Å²) in [5.41, 5.74) is 1.36. The third kappa shape index (κ3) is 6.98. The fraction of sp³-hybridized carbons (Fsp3) is 0.625. The van der Waals surface area contributed by atoms with Crippen molar-refractivity contribution >= 4 is 15.9 Å². The maximum absolute atomic E-state index is 5.66. The Hall–Kier alpha value is -0.540. The molecule has 1 atom stereocenters. The van der Waals surface area contributed by atoms with Gasteiger partial charge in [-0.05, 0) is 42.4 Å². The van der Waals surface area contributed by atoms with Gasteiger partial charge < -0.3 is 9.47 Å². The molecule has 1 rings (SSSR count). The molecule has 0 aliphatic heterocycles. The van der Waals surface area contributed by atoms with Crippen molar-refractivity contribution in [3.63, 3.8) is 0 Å². The topological polar surface area (TPSA) is 18.5 Å². The maximum Gasteiger partial charge on any atom is 0.118 e. The Kier molecular flexibility index (Phi) is 8.15. The first-order valence-corrected chi connectivity index (χ1v) is 8.04. The molecule has 2 nitrogen and oxygen atoms in total. The molecule has 0 saturated carbocycles. The molecule has 0 spiro atoms. The zero-order chi connectivity index (χ0) is 14.1. The normalized spacial score (nSPS) is 12.7. The number of methoxy groups -OCH3 is 1. The van der Waals surface area contributed by atoms with Crippen LogP contribution in [0.2, 0.25) is 0 Å². The number of halogens is 1. The molecule has 0 amide bonds. The van der Waals surface area contributed by atoms with Gasteiger partial charge in [0.2, 0.25) is 0 Å². The lowest BCUT2D eigenvalue weighted by Gasteiger charge is -2.15. The second-order valence-corrected chi connectivity index (χ2v) is 5.98. The third-order valence-corrected chi connectivity index (χ3v) is 3.94. The largest absolute Gasteiger partial charge is 0.497 e. The Bertz CT molecular complexity index is 335. The fourth-order valence-electron chi connectivity index (χ4n) is 1.90. The lowest BCUT2D eigenvalue weighted by molar-refractivity contribution is 0.0998. The number of benzene rings is 1. The molecule has 0 aliphatic rings. The minimum Gasteiger partial charge on any atom is -0.497 e. The van der Waals surface area contributed by atoms with Crippen molar-refractivity contribution in [2.45, 2.75) is 26.7 Å². The van der Waals surface area contributed by atoms with E-state index in [4.69, 9.17) is 9.47 Å². The Labute approximate surface area is 125 Å². The molecule has 0 aliphatic carbocycles. The van der Waals surface area contributed by atoms with Crippen LogP contribution in [0.25, 0.3) is 0 Å². The first kappa shape index (κ1) is 16.5. The molecule has 0 saturated heterocycles. The summed E-state index contributed by atoms with van der Waals surface area (Å²) in [6, 6.07) is 8.33. The molecule has 19 heavy (non-hydrogen) atoms. The summed E-state index contributed by atoms with van der Waals surface area (Å²) in [4.78, 5) is 0. The van der Waals surface area contributed by atoms with Crippen molar-refractivity contribution in [2.75, 3.05) is 25.7 Å². The molecule has 1 aromatic carbocycles. The first-order chi connectivity index (χ1) is 9.15. The molecule has 0 radical (unpaired) electrons. The van der Waals surface area contributed by atoms with Gasteiger partial charge in [-0.1, -0.05) is 41.9 Å². The van der Waals surface area contributed by atoms with Gasteiger partial charge in [0.25, 0.3) is 0 Å². The van der Waals surface area contributed by atoms with E-state index >= 15 is 0 Å². The van der Waals surface area contributed by atoms with Crippen molar-refractivity contribution in [3.8, 4) is 5.75 Å². The van der Waals surface area contributed by atoms with E-state index < -0.39 is 0 Å². The van der Waals surface area contributed by atoms with Crippen LogP contribution in [0.15, 0.2) is 24.3 Å². The predicted octanol–water partition coefficient (Wildman–Crippen LogP) is 4.31. The van der Waals surface area contributed by atoms with Gasteiger partial charge in [0.1, 0.15) is 5.75 Å². The zero-order valence-corrected chi connectivity index (χ0v) is 13.8. The first-order valence-electron chi connectivity index (χ1n) is 6.92. The second kappa shape index (κ2) is 9.38. The lowest BCUT2D eigenvalue weighted by atomic mass is 9.98. The van der Waals surface area contributed by atoms with E-state index in [9.17, 15) is 0 Å². The molecule has 0 aromatic heterocycles. The van der Waals surface area contributed by atoms with Gasteiger partial charge in [-0.3, -0.25) is 0 Å². The van der Waals surface area contributed by atoms with E-state index in [2.05, 4.69) is 41.9 Å². The average molecular weight is 329 g/mol. The zero-order valence-electron chi connectivity index (χ0n) is 12.2. The molecule has 108 valence electrons. The van der Waals surface area contributed by atoms with Gasteiger partial charge in [-0.15, -0.1) is 0 Å². The van der Waals surface area contributed by atoms with E-state index in [1.54, 1.807) is 7.11 Å². The highest BCUT2D eigenvalue weighted by molar-refractivity contribution is 9.09. The summed E-state index contributed by atoms with van der Waals surface area (Å²) >= 11 is 3.60. The van der Waals surface area contributed by atoms with Gasteiger partial charge in [0.05, 0.1) is 7.11 Å². The van der Waals surface area contributed by atoms with E-state index in [1.807, 2.05) is 12.1 Å². The van der Waals surface area contributed by atoms with Crippen LogP contribution in [0.5, 0.6) is 5.75 Å². The van der Waals surface area contributed by atoms with E-state index in [0.717, 1.165) is 37.1 Å². The van der Waals surface area contributed by atoms with E-state index in [1.165, 1.54) is 5.56 Å². The number of rotatable bonds is 9. The summed E-state index contributed by atoms with van der Waals surface area (Å²) in [6.07, 6.45) is 2.18. The van der Waals surface area contributed by atoms with Crippen molar-refractivity contribution in [1.29, 1.82) is 0 Å². The van der Waals surface area contributed by atoms with E-state index in [0.29, 0.717) is 11.8 Å². The third-order valence-electron chi connectivity index (χ3n) is 3.02. The molecule has 0 N–H and O–H groups in total.